The number of hydrogen-bond acceptors (Lipinski definition) is 3. The maximum absolute atomic E-state index is 3.28. The summed E-state index contributed by atoms with van der Waals surface area (Å²) >= 11 is 2.06. The van der Waals surface area contributed by atoms with Gasteiger partial charge in [0.05, 0.1) is 0 Å². The minimum Gasteiger partial charge on any atom is -0.319 e. The van der Waals surface area contributed by atoms with Crippen LogP contribution in [0.1, 0.15) is 20.3 Å². The first-order valence-electron chi connectivity index (χ1n) is 5.74. The molecule has 2 atom stereocenters. The summed E-state index contributed by atoms with van der Waals surface area (Å²) in [6, 6.07) is 0.766. The Bertz CT molecular complexity index is 152. The van der Waals surface area contributed by atoms with E-state index in [-0.39, 0.29) is 0 Å². The van der Waals surface area contributed by atoms with Gasteiger partial charge in [-0.25, -0.2) is 0 Å². The SMILES string of the molecule is CCSCC(C)N1CCC(CNC)C1. The first kappa shape index (κ1) is 12.3. The van der Waals surface area contributed by atoms with Crippen LogP contribution >= 0.6 is 11.8 Å². The lowest BCUT2D eigenvalue weighted by Crippen LogP contribution is -2.33. The highest BCUT2D eigenvalue weighted by atomic mass is 32.2. The van der Waals surface area contributed by atoms with Crippen molar-refractivity contribution >= 4 is 11.8 Å². The van der Waals surface area contributed by atoms with E-state index in [4.69, 9.17) is 0 Å². The quantitative estimate of drug-likeness (QED) is 0.727. The minimum atomic E-state index is 0.766. The van der Waals surface area contributed by atoms with E-state index in [1.54, 1.807) is 0 Å². The zero-order valence-corrected chi connectivity index (χ0v) is 10.6. The average Bonchev–Trinajstić information content (AvgIpc) is 2.63. The van der Waals surface area contributed by atoms with Crippen LogP contribution in [0, 0.1) is 5.92 Å². The summed E-state index contributed by atoms with van der Waals surface area (Å²) in [5.74, 6) is 3.43. The summed E-state index contributed by atoms with van der Waals surface area (Å²) < 4.78 is 0. The maximum Gasteiger partial charge on any atom is 0.0158 e. The highest BCUT2D eigenvalue weighted by Crippen LogP contribution is 2.19. The van der Waals surface area contributed by atoms with Gasteiger partial charge in [-0.2, -0.15) is 11.8 Å². The highest BCUT2D eigenvalue weighted by molar-refractivity contribution is 7.99. The number of nitrogens with one attached hydrogen (secondary N) is 1. The van der Waals surface area contributed by atoms with Gasteiger partial charge < -0.3 is 5.32 Å². The van der Waals surface area contributed by atoms with Crippen molar-refractivity contribution in [3.8, 4) is 0 Å². The molecule has 1 N–H and O–H groups in total. The molecule has 84 valence electrons. The monoisotopic (exact) mass is 216 g/mol. The first-order chi connectivity index (χ1) is 6.77. The molecule has 0 radical (unpaired) electrons. The Morgan fingerprint density at radius 2 is 2.36 bits per heavy atom. The number of likely N-dealkylation sites (tertiary alicyclic amines) is 1. The summed E-state index contributed by atoms with van der Waals surface area (Å²) in [4.78, 5) is 2.64. The fourth-order valence-corrected chi connectivity index (χ4v) is 2.90. The number of rotatable bonds is 6. The summed E-state index contributed by atoms with van der Waals surface area (Å²) in [5, 5.41) is 3.28. The molecule has 1 fully saturated rings. The van der Waals surface area contributed by atoms with Crippen LogP contribution in [-0.2, 0) is 0 Å². The van der Waals surface area contributed by atoms with E-state index >= 15 is 0 Å². The van der Waals surface area contributed by atoms with Gasteiger partial charge in [0.2, 0.25) is 0 Å². The topological polar surface area (TPSA) is 15.3 Å². The second-order valence-corrected chi connectivity index (χ2v) is 5.53. The fraction of sp³-hybridized carbons (Fsp3) is 1.00. The largest absolute Gasteiger partial charge is 0.319 e. The van der Waals surface area contributed by atoms with Crippen LogP contribution in [-0.4, -0.2) is 49.1 Å². The van der Waals surface area contributed by atoms with Crippen LogP contribution in [0.15, 0.2) is 0 Å². The molecule has 2 unspecified atom stereocenters. The molecule has 3 heteroatoms. The van der Waals surface area contributed by atoms with Gasteiger partial charge in [-0.15, -0.1) is 0 Å². The third-order valence-electron chi connectivity index (χ3n) is 3.00. The van der Waals surface area contributed by atoms with Gasteiger partial charge in [-0.05, 0) is 45.2 Å². The van der Waals surface area contributed by atoms with Crippen molar-refractivity contribution in [3.05, 3.63) is 0 Å². The Morgan fingerprint density at radius 3 is 3.00 bits per heavy atom. The molecule has 1 aliphatic heterocycles. The zero-order valence-electron chi connectivity index (χ0n) is 9.75. The van der Waals surface area contributed by atoms with Crippen LogP contribution in [0.25, 0.3) is 0 Å². The molecule has 1 rings (SSSR count). The molecule has 0 aromatic heterocycles. The maximum atomic E-state index is 3.28. The molecule has 1 heterocycles. The molecular weight excluding hydrogens is 192 g/mol. The van der Waals surface area contributed by atoms with E-state index in [9.17, 15) is 0 Å². The lowest BCUT2D eigenvalue weighted by Gasteiger charge is -2.23. The molecule has 14 heavy (non-hydrogen) atoms. The number of nitrogens with zero attached hydrogens (tertiary/aromatic N) is 1. The predicted octanol–water partition coefficient (Wildman–Crippen LogP) is 1.67. The molecule has 0 aliphatic carbocycles. The second kappa shape index (κ2) is 6.70. The van der Waals surface area contributed by atoms with Gasteiger partial charge in [0.1, 0.15) is 0 Å². The Hall–Kier alpha value is 0.270. The van der Waals surface area contributed by atoms with E-state index in [1.807, 2.05) is 0 Å². The predicted molar refractivity (Wildman–Crippen MR) is 66.1 cm³/mol. The Morgan fingerprint density at radius 1 is 1.57 bits per heavy atom. The fourth-order valence-electron chi connectivity index (χ4n) is 2.11. The molecular formula is C11H24N2S. The van der Waals surface area contributed by atoms with E-state index in [0.717, 1.165) is 12.0 Å². The third-order valence-corrected chi connectivity index (χ3v) is 4.12. The summed E-state index contributed by atoms with van der Waals surface area (Å²) in [6.07, 6.45) is 1.38. The van der Waals surface area contributed by atoms with Gasteiger partial charge in [0.15, 0.2) is 0 Å². The van der Waals surface area contributed by atoms with Crippen LogP contribution in [0.5, 0.6) is 0 Å². The minimum absolute atomic E-state index is 0.766. The van der Waals surface area contributed by atoms with Crippen molar-refractivity contribution in [3.63, 3.8) is 0 Å². The molecule has 0 aromatic carbocycles. The smallest absolute Gasteiger partial charge is 0.0158 e. The van der Waals surface area contributed by atoms with Gasteiger partial charge in [0, 0.05) is 18.3 Å². The Kier molecular flexibility index (Phi) is 5.90. The van der Waals surface area contributed by atoms with Gasteiger partial charge >= 0.3 is 0 Å². The van der Waals surface area contributed by atoms with Crippen molar-refractivity contribution in [2.45, 2.75) is 26.3 Å². The summed E-state index contributed by atoms with van der Waals surface area (Å²) in [7, 11) is 2.05. The summed E-state index contributed by atoms with van der Waals surface area (Å²) in [5.41, 5.74) is 0. The lowest BCUT2D eigenvalue weighted by atomic mass is 10.1. The molecule has 1 saturated heterocycles. The van der Waals surface area contributed by atoms with Crippen LogP contribution < -0.4 is 5.32 Å². The first-order valence-corrected chi connectivity index (χ1v) is 6.89. The van der Waals surface area contributed by atoms with E-state index < -0.39 is 0 Å². The zero-order chi connectivity index (χ0) is 10.4. The van der Waals surface area contributed by atoms with Crippen molar-refractivity contribution in [1.29, 1.82) is 0 Å². The number of hydrogen-bond donors (Lipinski definition) is 1. The van der Waals surface area contributed by atoms with Gasteiger partial charge in [-0.3, -0.25) is 4.90 Å². The standard InChI is InChI=1S/C11H24N2S/c1-4-14-9-10(2)13-6-5-11(8-13)7-12-3/h10-12H,4-9H2,1-3H3. The second-order valence-electron chi connectivity index (χ2n) is 4.22. The normalized spacial score (nSPS) is 25.5. The molecule has 0 saturated carbocycles. The molecule has 0 spiro atoms. The third kappa shape index (κ3) is 3.79. The van der Waals surface area contributed by atoms with Crippen LogP contribution in [0.4, 0.5) is 0 Å². The Labute approximate surface area is 92.8 Å². The van der Waals surface area contributed by atoms with Crippen molar-refractivity contribution in [2.24, 2.45) is 5.92 Å². The average molecular weight is 216 g/mol. The van der Waals surface area contributed by atoms with Crippen molar-refractivity contribution in [1.82, 2.24) is 10.2 Å². The molecule has 1 aliphatic rings. The molecule has 0 aromatic rings. The van der Waals surface area contributed by atoms with E-state index in [0.29, 0.717) is 0 Å². The van der Waals surface area contributed by atoms with E-state index in [2.05, 4.69) is 42.9 Å². The van der Waals surface area contributed by atoms with E-state index in [1.165, 1.54) is 37.6 Å². The van der Waals surface area contributed by atoms with Crippen LogP contribution in [0.3, 0.4) is 0 Å². The summed E-state index contributed by atoms with van der Waals surface area (Å²) in [6.45, 7) is 8.39. The molecule has 0 bridgehead atoms. The van der Waals surface area contributed by atoms with Crippen molar-refractivity contribution in [2.75, 3.05) is 38.2 Å². The van der Waals surface area contributed by atoms with Crippen molar-refractivity contribution < 1.29 is 0 Å². The number of thioether (sulfide) groups is 1. The van der Waals surface area contributed by atoms with Gasteiger partial charge in [0.25, 0.3) is 0 Å². The molecule has 0 amide bonds. The highest BCUT2D eigenvalue weighted by Gasteiger charge is 2.24. The lowest BCUT2D eigenvalue weighted by molar-refractivity contribution is 0.268. The van der Waals surface area contributed by atoms with Gasteiger partial charge in [-0.1, -0.05) is 6.92 Å². The molecule has 2 nitrogen and oxygen atoms in total. The van der Waals surface area contributed by atoms with Crippen LogP contribution in [0.2, 0.25) is 0 Å². The Balaban J connectivity index is 2.19.